The summed E-state index contributed by atoms with van der Waals surface area (Å²) in [6.07, 6.45) is 10.7. The first-order chi connectivity index (χ1) is 30.6. The third kappa shape index (κ3) is 19.5. The Labute approximate surface area is 395 Å². The second-order valence-corrected chi connectivity index (χ2v) is 20.7. The molecule has 0 aliphatic carbocycles. The summed E-state index contributed by atoms with van der Waals surface area (Å²) in [5.41, 5.74) is -3.67. The molecule has 0 spiro atoms. The number of nitriles is 1. The standard InChI is InChI=1S/C18H29NO5.C17H26N2O3.C16H27NO3/c1-6-10-18(11-9-15(21)23-5)13-19(12-7-8-14(18)20)16(22)24-17(2,3)4;1-5-9-17(10-7-11-18)13-19(12-6-8-14(17)20)15(21)22-16(2,3)4;1-6-10-16(7-2)12-17(11-8-9-13(16)18)14(19)20-15(3,4)5/h6H,1,7-13H2,2-5H3;5H,1,6-10,12-13H2,2-4H3;6H,1,7-12H2,2-5H3/t18-;17-;16-/m001/s1. The van der Waals surface area contributed by atoms with Gasteiger partial charge < -0.3 is 33.6 Å². The maximum atomic E-state index is 12.7. The van der Waals surface area contributed by atoms with E-state index < -0.39 is 45.2 Å². The van der Waals surface area contributed by atoms with Crippen molar-refractivity contribution in [2.45, 2.75) is 176 Å². The third-order valence-electron chi connectivity index (χ3n) is 11.7. The molecule has 0 unspecified atom stereocenters. The van der Waals surface area contributed by atoms with Crippen LogP contribution in [0.25, 0.3) is 0 Å². The van der Waals surface area contributed by atoms with Gasteiger partial charge in [-0.2, -0.15) is 5.26 Å². The number of rotatable bonds is 12. The van der Waals surface area contributed by atoms with Crippen molar-refractivity contribution in [1.29, 1.82) is 5.26 Å². The van der Waals surface area contributed by atoms with Gasteiger partial charge in [-0.15, -0.1) is 19.7 Å². The van der Waals surface area contributed by atoms with Crippen LogP contribution >= 0.6 is 0 Å². The number of Topliss-reactive ketones (excluding diaryl/α,β-unsaturated/α-hetero) is 3. The number of ketones is 3. The first-order valence-electron chi connectivity index (χ1n) is 23.4. The van der Waals surface area contributed by atoms with E-state index in [0.717, 1.165) is 6.42 Å². The lowest BCUT2D eigenvalue weighted by Gasteiger charge is -2.35. The molecular formula is C51H82N4O11. The van der Waals surface area contributed by atoms with Gasteiger partial charge >= 0.3 is 24.2 Å². The minimum Gasteiger partial charge on any atom is -0.469 e. The fourth-order valence-electron chi connectivity index (χ4n) is 8.33. The number of hydrogen-bond donors (Lipinski definition) is 0. The molecule has 0 radical (unpaired) electrons. The van der Waals surface area contributed by atoms with E-state index >= 15 is 0 Å². The Bertz CT molecular complexity index is 1750. The number of esters is 1. The molecule has 0 aromatic rings. The van der Waals surface area contributed by atoms with Crippen molar-refractivity contribution in [3.05, 3.63) is 38.0 Å². The summed E-state index contributed by atoms with van der Waals surface area (Å²) >= 11 is 0. The molecule has 66 heavy (non-hydrogen) atoms. The average molecular weight is 927 g/mol. The molecule has 0 aromatic heterocycles. The predicted octanol–water partition coefficient (Wildman–Crippen LogP) is 10.1. The van der Waals surface area contributed by atoms with Gasteiger partial charge in [0.1, 0.15) is 34.2 Å². The number of hydrogen-bond acceptors (Lipinski definition) is 12. The molecule has 0 bridgehead atoms. The highest BCUT2D eigenvalue weighted by Crippen LogP contribution is 2.38. The normalized spacial score (nSPS) is 22.8. The van der Waals surface area contributed by atoms with Crippen LogP contribution in [0.3, 0.4) is 0 Å². The smallest absolute Gasteiger partial charge is 0.410 e. The number of ether oxygens (including phenoxy) is 4. The second-order valence-electron chi connectivity index (χ2n) is 20.7. The van der Waals surface area contributed by atoms with Crippen LogP contribution in [-0.2, 0) is 38.1 Å². The average Bonchev–Trinajstić information content (AvgIpc) is 3.56. The second kappa shape index (κ2) is 26.4. The molecule has 3 fully saturated rings. The predicted molar refractivity (Wildman–Crippen MR) is 254 cm³/mol. The van der Waals surface area contributed by atoms with Crippen molar-refractivity contribution in [3.63, 3.8) is 0 Å². The number of carbonyl (C=O) groups excluding carboxylic acids is 7. The minimum atomic E-state index is -0.802. The van der Waals surface area contributed by atoms with Crippen LogP contribution in [0.5, 0.6) is 0 Å². The van der Waals surface area contributed by atoms with E-state index in [9.17, 15) is 33.6 Å². The molecule has 3 aliphatic rings. The summed E-state index contributed by atoms with van der Waals surface area (Å²) in [7, 11) is 1.32. The zero-order valence-electron chi connectivity index (χ0n) is 42.3. The van der Waals surface area contributed by atoms with Gasteiger partial charge in [0.15, 0.2) is 0 Å². The number of likely N-dealkylation sites (tertiary alicyclic amines) is 3. The molecule has 372 valence electrons. The molecule has 15 heteroatoms. The molecule has 3 heterocycles. The van der Waals surface area contributed by atoms with Crippen molar-refractivity contribution in [1.82, 2.24) is 14.7 Å². The highest BCUT2D eigenvalue weighted by Gasteiger charge is 2.44. The van der Waals surface area contributed by atoms with E-state index in [4.69, 9.17) is 19.5 Å². The summed E-state index contributed by atoms with van der Waals surface area (Å²) in [6.45, 7) is 32.2. The molecule has 3 rings (SSSR count). The summed E-state index contributed by atoms with van der Waals surface area (Å²) in [4.78, 5) is 91.1. The van der Waals surface area contributed by atoms with Gasteiger partial charge in [0, 0.05) is 76.8 Å². The van der Waals surface area contributed by atoms with Crippen LogP contribution in [0.1, 0.15) is 159 Å². The monoisotopic (exact) mass is 927 g/mol. The lowest BCUT2D eigenvalue weighted by Crippen LogP contribution is -2.45. The van der Waals surface area contributed by atoms with Crippen LogP contribution in [0.4, 0.5) is 14.4 Å². The lowest BCUT2D eigenvalue weighted by atomic mass is 9.75. The molecule has 0 saturated carbocycles. The first-order valence-corrected chi connectivity index (χ1v) is 23.4. The van der Waals surface area contributed by atoms with Gasteiger partial charge in [0.2, 0.25) is 0 Å². The number of carbonyl (C=O) groups is 7. The molecule has 0 aromatic carbocycles. The highest BCUT2D eigenvalue weighted by atomic mass is 16.6. The lowest BCUT2D eigenvalue weighted by molar-refractivity contribution is -0.142. The van der Waals surface area contributed by atoms with Gasteiger partial charge in [-0.05, 0) is 120 Å². The van der Waals surface area contributed by atoms with Crippen molar-refractivity contribution < 1.29 is 52.5 Å². The van der Waals surface area contributed by atoms with Crippen LogP contribution < -0.4 is 0 Å². The van der Waals surface area contributed by atoms with E-state index in [2.05, 4.69) is 30.5 Å². The zero-order valence-corrected chi connectivity index (χ0v) is 42.3. The Kier molecular flexibility index (Phi) is 23.6. The molecule has 3 saturated heterocycles. The van der Waals surface area contributed by atoms with Crippen LogP contribution in [-0.4, -0.2) is 119 Å². The van der Waals surface area contributed by atoms with E-state index in [0.29, 0.717) is 110 Å². The summed E-state index contributed by atoms with van der Waals surface area (Å²) in [5.74, 6) is 0.0660. The number of amides is 3. The Morgan fingerprint density at radius 1 is 0.606 bits per heavy atom. The van der Waals surface area contributed by atoms with Crippen molar-refractivity contribution in [3.8, 4) is 6.07 Å². The first kappa shape index (κ1) is 59.0. The summed E-state index contributed by atoms with van der Waals surface area (Å²) < 4.78 is 21.0. The van der Waals surface area contributed by atoms with Gasteiger partial charge in [-0.1, -0.05) is 25.2 Å². The highest BCUT2D eigenvalue weighted by molar-refractivity contribution is 5.88. The van der Waals surface area contributed by atoms with E-state index in [1.807, 2.05) is 69.2 Å². The molecular weight excluding hydrogens is 845 g/mol. The van der Waals surface area contributed by atoms with Crippen LogP contribution in [0, 0.1) is 27.6 Å². The Hall–Kier alpha value is -5.00. The van der Waals surface area contributed by atoms with Crippen molar-refractivity contribution in [2.24, 2.45) is 16.2 Å². The Morgan fingerprint density at radius 3 is 1.23 bits per heavy atom. The van der Waals surface area contributed by atoms with E-state index in [1.54, 1.807) is 32.9 Å². The zero-order chi connectivity index (χ0) is 50.6. The third-order valence-corrected chi connectivity index (χ3v) is 11.7. The van der Waals surface area contributed by atoms with Crippen LogP contribution in [0.15, 0.2) is 38.0 Å². The molecule has 15 nitrogen and oxygen atoms in total. The van der Waals surface area contributed by atoms with E-state index in [1.165, 1.54) is 7.11 Å². The minimum absolute atomic E-state index is 0.0670. The Morgan fingerprint density at radius 2 is 0.924 bits per heavy atom. The largest absolute Gasteiger partial charge is 0.469 e. The fourth-order valence-corrected chi connectivity index (χ4v) is 8.33. The van der Waals surface area contributed by atoms with Crippen molar-refractivity contribution >= 4 is 41.6 Å². The van der Waals surface area contributed by atoms with Crippen molar-refractivity contribution in [2.75, 3.05) is 46.4 Å². The van der Waals surface area contributed by atoms with Gasteiger partial charge in [-0.3, -0.25) is 19.2 Å². The van der Waals surface area contributed by atoms with Crippen LogP contribution in [0.2, 0.25) is 0 Å². The molecule has 0 N–H and O–H groups in total. The fraction of sp³-hybridized carbons (Fsp3) is 0.725. The maximum absolute atomic E-state index is 12.7. The van der Waals surface area contributed by atoms with Gasteiger partial charge in [0.25, 0.3) is 0 Å². The number of nitrogens with zero attached hydrogens (tertiary/aromatic N) is 4. The molecule has 3 atom stereocenters. The van der Waals surface area contributed by atoms with Gasteiger partial charge in [-0.25, -0.2) is 14.4 Å². The number of allylic oxidation sites excluding steroid dienone is 3. The SMILES string of the molecule is C=CC[C@]1(CC)CN(C(=O)OC(C)(C)C)CCCC1=O.C=CC[C@]1(CCC#N)CN(C(=O)OC(C)(C)C)CCCC1=O.C=CC[C@]1(CCC(=O)OC)CN(C(=O)OC(C)(C)C)CCCC1=O. The van der Waals surface area contributed by atoms with Gasteiger partial charge in [0.05, 0.1) is 24.0 Å². The molecule has 3 aliphatic heterocycles. The maximum Gasteiger partial charge on any atom is 0.410 e. The quantitative estimate of drug-likeness (QED) is 0.102. The Balaban J connectivity index is 0.000000497. The van der Waals surface area contributed by atoms with E-state index in [-0.39, 0.29) is 42.4 Å². The molecule has 3 amide bonds. The summed E-state index contributed by atoms with van der Waals surface area (Å²) in [5, 5.41) is 8.87. The summed E-state index contributed by atoms with van der Waals surface area (Å²) in [6, 6.07) is 2.10. The number of methoxy groups -OCH3 is 1. The topological polar surface area (TPSA) is 190 Å².